The maximum Gasteiger partial charge on any atom is 0.229 e. The third-order valence-corrected chi connectivity index (χ3v) is 8.60. The van der Waals surface area contributed by atoms with Crippen LogP contribution in [-0.2, 0) is 0 Å². The van der Waals surface area contributed by atoms with E-state index in [-0.39, 0.29) is 0 Å². The number of rotatable bonds is 8. The highest BCUT2D eigenvalue weighted by Gasteiger charge is 2.30. The van der Waals surface area contributed by atoms with Crippen molar-refractivity contribution in [2.45, 2.75) is 88.3 Å². The summed E-state index contributed by atoms with van der Waals surface area (Å²) in [4.78, 5) is 19.1. The van der Waals surface area contributed by atoms with Crippen LogP contribution in [0.5, 0.6) is 5.88 Å². The lowest BCUT2D eigenvalue weighted by Crippen LogP contribution is -2.40. The van der Waals surface area contributed by atoms with Crippen LogP contribution < -0.4 is 15.4 Å². The zero-order valence-corrected chi connectivity index (χ0v) is 22.2. The van der Waals surface area contributed by atoms with E-state index in [1.807, 2.05) is 12.1 Å². The summed E-state index contributed by atoms with van der Waals surface area (Å²) in [5.74, 6) is 2.71. The van der Waals surface area contributed by atoms with E-state index in [9.17, 15) is 0 Å². The molecule has 1 saturated heterocycles. The molecule has 8 heteroatoms. The van der Waals surface area contributed by atoms with Crippen LogP contribution in [0.2, 0.25) is 0 Å². The van der Waals surface area contributed by atoms with Gasteiger partial charge in [-0.25, -0.2) is 9.97 Å². The van der Waals surface area contributed by atoms with Crippen LogP contribution in [0.4, 0.5) is 17.5 Å². The van der Waals surface area contributed by atoms with E-state index in [1.54, 1.807) is 13.3 Å². The second-order valence-corrected chi connectivity index (χ2v) is 11.1. The van der Waals surface area contributed by atoms with Gasteiger partial charge in [-0.15, -0.1) is 0 Å². The molecule has 0 atom stereocenters. The summed E-state index contributed by atoms with van der Waals surface area (Å²) >= 11 is 0. The molecular formula is C28H43N7O. The van der Waals surface area contributed by atoms with Gasteiger partial charge in [-0.3, -0.25) is 0 Å². The topological polar surface area (TPSA) is 78.4 Å². The molecule has 3 fully saturated rings. The average Bonchev–Trinajstić information content (AvgIpc) is 3.45. The van der Waals surface area contributed by atoms with Crippen molar-refractivity contribution in [3.05, 3.63) is 30.1 Å². The van der Waals surface area contributed by atoms with Crippen molar-refractivity contribution in [3.8, 4) is 5.88 Å². The number of ether oxygens (including phenoxy) is 1. The Balaban J connectivity index is 1.32. The van der Waals surface area contributed by atoms with Crippen molar-refractivity contribution < 1.29 is 4.74 Å². The number of likely N-dealkylation sites (tertiary alicyclic amines) is 1. The molecule has 2 N–H and O–H groups in total. The minimum Gasteiger partial charge on any atom is -0.481 e. The Morgan fingerprint density at radius 3 is 2.42 bits per heavy atom. The van der Waals surface area contributed by atoms with Crippen molar-refractivity contribution in [1.82, 2.24) is 24.8 Å². The number of nitrogens with zero attached hydrogens (tertiary/aromatic N) is 5. The molecule has 1 aliphatic heterocycles. The molecule has 3 heterocycles. The summed E-state index contributed by atoms with van der Waals surface area (Å²) in [5.41, 5.74) is 2.16. The third kappa shape index (κ3) is 6.09. The molecule has 36 heavy (non-hydrogen) atoms. The second-order valence-electron chi connectivity index (χ2n) is 11.1. The predicted molar refractivity (Wildman–Crippen MR) is 145 cm³/mol. The molecule has 2 aromatic heterocycles. The first-order chi connectivity index (χ1) is 17.6. The molecule has 5 rings (SSSR count). The van der Waals surface area contributed by atoms with Gasteiger partial charge in [0.2, 0.25) is 11.8 Å². The molecule has 0 amide bonds. The van der Waals surface area contributed by atoms with Gasteiger partial charge >= 0.3 is 0 Å². The van der Waals surface area contributed by atoms with E-state index < -0.39 is 0 Å². The summed E-state index contributed by atoms with van der Waals surface area (Å²) in [6, 6.07) is 5.74. The summed E-state index contributed by atoms with van der Waals surface area (Å²) in [7, 11) is 6.03. The normalized spacial score (nSPS) is 24.2. The van der Waals surface area contributed by atoms with Crippen molar-refractivity contribution >= 4 is 17.5 Å². The van der Waals surface area contributed by atoms with Crippen molar-refractivity contribution in [3.63, 3.8) is 0 Å². The molecule has 0 radical (unpaired) electrons. The zero-order valence-electron chi connectivity index (χ0n) is 22.2. The molecule has 196 valence electrons. The molecule has 2 aliphatic carbocycles. The van der Waals surface area contributed by atoms with Gasteiger partial charge in [-0.2, -0.15) is 4.98 Å². The fourth-order valence-corrected chi connectivity index (χ4v) is 6.37. The molecule has 8 nitrogen and oxygen atoms in total. The number of piperidine rings is 1. The highest BCUT2D eigenvalue weighted by atomic mass is 16.5. The van der Waals surface area contributed by atoms with E-state index in [4.69, 9.17) is 14.7 Å². The Morgan fingerprint density at radius 2 is 1.72 bits per heavy atom. The average molecular weight is 494 g/mol. The van der Waals surface area contributed by atoms with E-state index in [0.29, 0.717) is 29.8 Å². The maximum absolute atomic E-state index is 5.27. The van der Waals surface area contributed by atoms with Gasteiger partial charge in [0.05, 0.1) is 7.11 Å². The minimum atomic E-state index is 0.460. The van der Waals surface area contributed by atoms with E-state index >= 15 is 0 Å². The van der Waals surface area contributed by atoms with Crippen LogP contribution >= 0.6 is 0 Å². The van der Waals surface area contributed by atoms with Crippen LogP contribution in [0.15, 0.2) is 24.5 Å². The Kier molecular flexibility index (Phi) is 8.22. The lowest BCUT2D eigenvalue weighted by molar-refractivity contribution is 0.154. The Hall–Kier alpha value is -2.45. The number of methoxy groups -OCH3 is 1. The number of hydrogen-bond donors (Lipinski definition) is 2. The molecule has 0 aromatic carbocycles. The van der Waals surface area contributed by atoms with Crippen LogP contribution in [0.1, 0.15) is 75.7 Å². The van der Waals surface area contributed by atoms with Gasteiger partial charge in [0.1, 0.15) is 5.82 Å². The molecule has 2 aromatic rings. The van der Waals surface area contributed by atoms with Crippen molar-refractivity contribution in [1.29, 1.82) is 0 Å². The lowest BCUT2D eigenvalue weighted by atomic mass is 9.88. The fraction of sp³-hybridized carbons (Fsp3) is 0.679. The third-order valence-electron chi connectivity index (χ3n) is 8.60. The molecule has 2 saturated carbocycles. The summed E-state index contributed by atoms with van der Waals surface area (Å²) in [6.07, 6.45) is 16.6. The Labute approximate surface area is 216 Å². The maximum atomic E-state index is 5.27. The van der Waals surface area contributed by atoms with Crippen LogP contribution in [-0.4, -0.2) is 77.2 Å². The predicted octanol–water partition coefficient (Wildman–Crippen LogP) is 5.03. The lowest BCUT2D eigenvalue weighted by Gasteiger charge is -2.37. The largest absolute Gasteiger partial charge is 0.481 e. The number of pyridine rings is 1. The van der Waals surface area contributed by atoms with Crippen LogP contribution in [0.3, 0.4) is 0 Å². The highest BCUT2D eigenvalue weighted by Crippen LogP contribution is 2.36. The van der Waals surface area contributed by atoms with Gasteiger partial charge < -0.3 is 25.2 Å². The second kappa shape index (κ2) is 11.7. The first-order valence-electron chi connectivity index (χ1n) is 13.9. The standard InChI is InChI=1S/C28H43N7O/c1-34(2)23-10-8-21(9-11-23)31-27-25(20-13-16-35(17-14-20)24-6-4-5-7-24)19-30-28(33-27)32-22-12-15-29-26(18-22)36-3/h12,15,18-21,23-24H,4-11,13-14,16-17H2,1-3H3,(H2,29,30,31,32,33). The van der Waals surface area contributed by atoms with E-state index in [2.05, 4.69) is 45.7 Å². The molecule has 0 unspecified atom stereocenters. The zero-order chi connectivity index (χ0) is 24.9. The molecule has 0 spiro atoms. The summed E-state index contributed by atoms with van der Waals surface area (Å²) < 4.78 is 5.27. The quantitative estimate of drug-likeness (QED) is 0.530. The molecule has 0 bridgehead atoms. The highest BCUT2D eigenvalue weighted by molar-refractivity contribution is 5.57. The Morgan fingerprint density at radius 1 is 0.972 bits per heavy atom. The van der Waals surface area contributed by atoms with Gasteiger partial charge in [0, 0.05) is 47.8 Å². The van der Waals surface area contributed by atoms with Gasteiger partial charge in [-0.1, -0.05) is 12.8 Å². The number of anilines is 3. The number of aromatic nitrogens is 3. The number of nitrogens with one attached hydrogen (secondary N) is 2. The van der Waals surface area contributed by atoms with Gasteiger partial charge in [-0.05, 0) is 90.5 Å². The molecule has 3 aliphatic rings. The Bertz CT molecular complexity index is 978. The minimum absolute atomic E-state index is 0.460. The van der Waals surface area contributed by atoms with Gasteiger partial charge in [0.15, 0.2) is 0 Å². The SMILES string of the molecule is COc1cc(Nc2ncc(C3CCN(C4CCCC4)CC3)c(NC3CCC(N(C)C)CC3)n2)ccn1. The monoisotopic (exact) mass is 493 g/mol. The molecular weight excluding hydrogens is 450 g/mol. The summed E-state index contributed by atoms with van der Waals surface area (Å²) in [6.45, 7) is 2.39. The first-order valence-corrected chi connectivity index (χ1v) is 13.9. The van der Waals surface area contributed by atoms with Crippen LogP contribution in [0.25, 0.3) is 0 Å². The fourth-order valence-electron chi connectivity index (χ4n) is 6.37. The van der Waals surface area contributed by atoms with Crippen LogP contribution in [0, 0.1) is 0 Å². The van der Waals surface area contributed by atoms with Crippen molar-refractivity contribution in [2.75, 3.05) is 44.9 Å². The first kappa shape index (κ1) is 25.2. The summed E-state index contributed by atoms with van der Waals surface area (Å²) in [5, 5.41) is 7.22. The smallest absolute Gasteiger partial charge is 0.229 e. The van der Waals surface area contributed by atoms with Gasteiger partial charge in [0.25, 0.3) is 0 Å². The van der Waals surface area contributed by atoms with E-state index in [0.717, 1.165) is 17.5 Å². The van der Waals surface area contributed by atoms with Crippen molar-refractivity contribution in [2.24, 2.45) is 0 Å². The number of hydrogen-bond acceptors (Lipinski definition) is 8. The van der Waals surface area contributed by atoms with E-state index in [1.165, 1.54) is 82.9 Å².